The number of aromatic nitrogens is 4. The third kappa shape index (κ3) is 2.95. The second-order valence-electron chi connectivity index (χ2n) is 5.03. The molecule has 0 bridgehead atoms. The number of tetrazole rings is 1. The van der Waals surface area contributed by atoms with E-state index < -0.39 is 17.5 Å². The number of hydrogen-bond donors (Lipinski definition) is 1. The van der Waals surface area contributed by atoms with Gasteiger partial charge in [0.05, 0.1) is 5.69 Å². The Hall–Kier alpha value is -2.88. The predicted octanol–water partition coefficient (Wildman–Crippen LogP) is 2.32. The molecule has 0 aliphatic rings. The predicted molar refractivity (Wildman–Crippen MR) is 85.7 cm³/mol. The van der Waals surface area contributed by atoms with Crippen molar-refractivity contribution in [2.45, 2.75) is 0 Å². The highest BCUT2D eigenvalue weighted by Gasteiger charge is 2.18. The summed E-state index contributed by atoms with van der Waals surface area (Å²) in [5.74, 6) is -2.03. The maximum Gasteiger partial charge on any atom is 0.267 e. The summed E-state index contributed by atoms with van der Waals surface area (Å²) < 4.78 is 29.3. The van der Waals surface area contributed by atoms with Crippen molar-refractivity contribution >= 4 is 28.6 Å². The molecule has 1 N–H and O–H groups in total. The molecule has 0 saturated heterocycles. The molecule has 0 aliphatic heterocycles. The maximum atomic E-state index is 14.0. The lowest BCUT2D eigenvalue weighted by Gasteiger charge is -2.15. The molecule has 3 aromatic rings. The first-order valence-electron chi connectivity index (χ1n) is 6.76. The molecule has 1 aromatic carbocycles. The SMILES string of the molecule is CN(C)c1c(F)cc(NC(=O)c2sccc2-n2cnnn2)cc1F. The summed E-state index contributed by atoms with van der Waals surface area (Å²) in [5, 5.41) is 14.9. The van der Waals surface area contributed by atoms with Crippen molar-refractivity contribution in [2.24, 2.45) is 0 Å². The average Bonchev–Trinajstić information content (AvgIpc) is 3.17. The Balaban J connectivity index is 1.88. The Kier molecular flexibility index (Phi) is 4.21. The van der Waals surface area contributed by atoms with Crippen molar-refractivity contribution in [1.29, 1.82) is 0 Å². The van der Waals surface area contributed by atoms with Crippen molar-refractivity contribution in [1.82, 2.24) is 20.2 Å². The van der Waals surface area contributed by atoms with Crippen LogP contribution in [0.1, 0.15) is 9.67 Å². The fourth-order valence-corrected chi connectivity index (χ4v) is 2.95. The molecule has 124 valence electrons. The molecular weight excluding hydrogens is 338 g/mol. The molecule has 7 nitrogen and oxygen atoms in total. The lowest BCUT2D eigenvalue weighted by atomic mass is 10.2. The van der Waals surface area contributed by atoms with Gasteiger partial charge >= 0.3 is 0 Å². The van der Waals surface area contributed by atoms with E-state index in [9.17, 15) is 13.6 Å². The van der Waals surface area contributed by atoms with Crippen LogP contribution in [0.5, 0.6) is 0 Å². The standard InChI is InChI=1S/C14H12F2N6OS/c1-21(2)12-9(15)5-8(6-10(12)16)18-14(23)13-11(3-4-24-13)22-7-17-19-20-22/h3-7H,1-2H3,(H,18,23). The molecule has 0 atom stereocenters. The summed E-state index contributed by atoms with van der Waals surface area (Å²) in [7, 11) is 3.06. The Morgan fingerprint density at radius 3 is 2.58 bits per heavy atom. The van der Waals surface area contributed by atoms with Crippen LogP contribution in [0, 0.1) is 11.6 Å². The highest BCUT2D eigenvalue weighted by Crippen LogP contribution is 2.27. The van der Waals surface area contributed by atoms with Gasteiger partial charge in [-0.2, -0.15) is 4.68 Å². The zero-order chi connectivity index (χ0) is 17.3. The first-order valence-corrected chi connectivity index (χ1v) is 7.64. The van der Waals surface area contributed by atoms with Gasteiger partial charge in [0.1, 0.15) is 16.9 Å². The van der Waals surface area contributed by atoms with Crippen molar-refractivity contribution in [3.8, 4) is 5.69 Å². The van der Waals surface area contributed by atoms with Gasteiger partial charge in [0.25, 0.3) is 5.91 Å². The number of amides is 1. The molecule has 24 heavy (non-hydrogen) atoms. The third-order valence-corrected chi connectivity index (χ3v) is 4.07. The van der Waals surface area contributed by atoms with E-state index in [4.69, 9.17) is 0 Å². The Morgan fingerprint density at radius 2 is 2.00 bits per heavy atom. The summed E-state index contributed by atoms with van der Waals surface area (Å²) in [6.45, 7) is 0. The van der Waals surface area contributed by atoms with E-state index in [0.29, 0.717) is 10.6 Å². The van der Waals surface area contributed by atoms with Crippen LogP contribution >= 0.6 is 11.3 Å². The van der Waals surface area contributed by atoms with Crippen LogP contribution in [0.2, 0.25) is 0 Å². The molecule has 2 heterocycles. The largest absolute Gasteiger partial charge is 0.373 e. The number of anilines is 2. The van der Waals surface area contributed by atoms with Crippen LogP contribution < -0.4 is 10.2 Å². The third-order valence-electron chi connectivity index (χ3n) is 3.17. The molecular formula is C14H12F2N6OS. The van der Waals surface area contributed by atoms with Crippen molar-refractivity contribution in [3.05, 3.63) is 46.4 Å². The monoisotopic (exact) mass is 350 g/mol. The average molecular weight is 350 g/mol. The van der Waals surface area contributed by atoms with Crippen LogP contribution in [0.15, 0.2) is 29.9 Å². The quantitative estimate of drug-likeness (QED) is 0.781. The minimum Gasteiger partial charge on any atom is -0.373 e. The smallest absolute Gasteiger partial charge is 0.267 e. The Labute approximate surface area is 139 Å². The summed E-state index contributed by atoms with van der Waals surface area (Å²) in [6, 6.07) is 3.81. The normalized spacial score (nSPS) is 10.7. The van der Waals surface area contributed by atoms with Crippen molar-refractivity contribution < 1.29 is 13.6 Å². The van der Waals surface area contributed by atoms with Gasteiger partial charge in [-0.15, -0.1) is 16.4 Å². The van der Waals surface area contributed by atoms with E-state index >= 15 is 0 Å². The lowest BCUT2D eigenvalue weighted by Crippen LogP contribution is -2.16. The van der Waals surface area contributed by atoms with Gasteiger partial charge in [-0.25, -0.2) is 8.78 Å². The van der Waals surface area contributed by atoms with E-state index in [1.807, 2.05) is 0 Å². The molecule has 0 radical (unpaired) electrons. The highest BCUT2D eigenvalue weighted by atomic mass is 32.1. The number of thiophene rings is 1. The highest BCUT2D eigenvalue weighted by molar-refractivity contribution is 7.12. The molecule has 0 aliphatic carbocycles. The Bertz CT molecular complexity index is 854. The summed E-state index contributed by atoms with van der Waals surface area (Å²) >= 11 is 1.17. The topological polar surface area (TPSA) is 75.9 Å². The van der Waals surface area contributed by atoms with Crippen molar-refractivity contribution in [2.75, 3.05) is 24.3 Å². The molecule has 1 amide bonds. The summed E-state index contributed by atoms with van der Waals surface area (Å²) in [5.41, 5.74) is 0.337. The second-order valence-corrected chi connectivity index (χ2v) is 5.94. The molecule has 0 fully saturated rings. The number of carbonyl (C=O) groups is 1. The minimum absolute atomic E-state index is 0.0247. The fraction of sp³-hybridized carbons (Fsp3) is 0.143. The fourth-order valence-electron chi connectivity index (χ4n) is 2.18. The summed E-state index contributed by atoms with van der Waals surface area (Å²) in [6.07, 6.45) is 1.35. The molecule has 0 unspecified atom stereocenters. The van der Waals surface area contributed by atoms with Crippen LogP contribution in [0.25, 0.3) is 5.69 Å². The number of nitrogens with zero attached hydrogens (tertiary/aromatic N) is 5. The van der Waals surface area contributed by atoms with Gasteiger partial charge in [-0.3, -0.25) is 4.79 Å². The second kappa shape index (κ2) is 6.32. The molecule has 0 spiro atoms. The Morgan fingerprint density at radius 1 is 1.29 bits per heavy atom. The number of benzene rings is 1. The number of hydrogen-bond acceptors (Lipinski definition) is 6. The van der Waals surface area contributed by atoms with Gasteiger partial charge in [0, 0.05) is 19.8 Å². The lowest BCUT2D eigenvalue weighted by molar-refractivity contribution is 0.103. The van der Waals surface area contributed by atoms with E-state index in [0.717, 1.165) is 12.1 Å². The van der Waals surface area contributed by atoms with E-state index in [1.165, 1.54) is 41.3 Å². The van der Waals surface area contributed by atoms with Gasteiger partial charge in [0.2, 0.25) is 0 Å². The molecule has 2 aromatic heterocycles. The van der Waals surface area contributed by atoms with Gasteiger partial charge in [-0.1, -0.05) is 0 Å². The molecule has 0 saturated carbocycles. The van der Waals surface area contributed by atoms with Crippen LogP contribution in [-0.4, -0.2) is 40.2 Å². The minimum atomic E-state index is -0.762. The van der Waals surface area contributed by atoms with Crippen molar-refractivity contribution in [3.63, 3.8) is 0 Å². The number of rotatable bonds is 4. The summed E-state index contributed by atoms with van der Waals surface area (Å²) in [4.78, 5) is 14.0. The van der Waals surface area contributed by atoms with E-state index in [1.54, 1.807) is 11.4 Å². The van der Waals surface area contributed by atoms with Crippen LogP contribution in [0.3, 0.4) is 0 Å². The number of carbonyl (C=O) groups excluding carboxylic acids is 1. The maximum absolute atomic E-state index is 14.0. The number of nitrogens with one attached hydrogen (secondary N) is 1. The zero-order valence-electron chi connectivity index (χ0n) is 12.7. The van der Waals surface area contributed by atoms with Crippen LogP contribution in [-0.2, 0) is 0 Å². The number of halogens is 2. The molecule has 10 heteroatoms. The van der Waals surface area contributed by atoms with Gasteiger partial charge in [-0.05, 0) is 34.0 Å². The van der Waals surface area contributed by atoms with E-state index in [2.05, 4.69) is 20.8 Å². The van der Waals surface area contributed by atoms with Gasteiger partial charge < -0.3 is 10.2 Å². The van der Waals surface area contributed by atoms with E-state index in [-0.39, 0.29) is 11.4 Å². The first-order chi connectivity index (χ1) is 11.5. The van der Waals surface area contributed by atoms with Gasteiger partial charge in [0.15, 0.2) is 11.6 Å². The zero-order valence-corrected chi connectivity index (χ0v) is 13.5. The first kappa shape index (κ1) is 16.0. The molecule has 3 rings (SSSR count). The van der Waals surface area contributed by atoms with Crippen LogP contribution in [0.4, 0.5) is 20.2 Å².